The van der Waals surface area contributed by atoms with Crippen LogP contribution in [0.3, 0.4) is 0 Å². The lowest BCUT2D eigenvalue weighted by Crippen LogP contribution is -2.58. The van der Waals surface area contributed by atoms with E-state index in [9.17, 15) is 0 Å². The Morgan fingerprint density at radius 3 is 2.85 bits per heavy atom. The van der Waals surface area contributed by atoms with Crippen molar-refractivity contribution in [3.05, 3.63) is 17.8 Å². The maximum atomic E-state index is 5.97. The third-order valence-electron chi connectivity index (χ3n) is 3.85. The zero-order chi connectivity index (χ0) is 13.5. The number of hydrogen-bond acceptors (Lipinski definition) is 6. The molecule has 20 heavy (non-hydrogen) atoms. The summed E-state index contributed by atoms with van der Waals surface area (Å²) in [5.74, 6) is 1.15. The molecule has 6 nitrogen and oxygen atoms in total. The summed E-state index contributed by atoms with van der Waals surface area (Å²) in [6, 6.07) is 0. The maximum absolute atomic E-state index is 5.97. The second-order valence-corrected chi connectivity index (χ2v) is 6.18. The van der Waals surface area contributed by atoms with Crippen molar-refractivity contribution in [3.8, 4) is 10.6 Å². The van der Waals surface area contributed by atoms with Gasteiger partial charge in [0.1, 0.15) is 10.8 Å². The Bertz CT molecular complexity index is 584. The Hall–Kier alpha value is -1.44. The number of hydrogen-bond donors (Lipinski definition) is 1. The Kier molecular flexibility index (Phi) is 2.98. The highest BCUT2D eigenvalue weighted by Crippen LogP contribution is 2.33. The number of anilines is 1. The van der Waals surface area contributed by atoms with Gasteiger partial charge in [0, 0.05) is 44.8 Å². The number of nitrogens with one attached hydrogen (secondary N) is 1. The van der Waals surface area contributed by atoms with Gasteiger partial charge in [0.25, 0.3) is 0 Å². The minimum atomic E-state index is 0.265. The van der Waals surface area contributed by atoms with Crippen LogP contribution in [0.5, 0.6) is 0 Å². The Balaban J connectivity index is 1.70. The van der Waals surface area contributed by atoms with Gasteiger partial charge in [-0.25, -0.2) is 4.98 Å². The summed E-state index contributed by atoms with van der Waals surface area (Å²) in [6.45, 7) is 3.66. The fourth-order valence-electron chi connectivity index (χ4n) is 3.04. The largest absolute Gasteiger partial charge is 0.369 e. The summed E-state index contributed by atoms with van der Waals surface area (Å²) in [5.41, 5.74) is 1.12. The summed E-state index contributed by atoms with van der Waals surface area (Å²) < 4.78 is 7.92. The van der Waals surface area contributed by atoms with E-state index >= 15 is 0 Å². The van der Waals surface area contributed by atoms with Crippen LogP contribution in [0, 0.1) is 0 Å². The first-order valence-electron chi connectivity index (χ1n) is 6.84. The van der Waals surface area contributed by atoms with Crippen LogP contribution in [0.15, 0.2) is 17.8 Å². The lowest BCUT2D eigenvalue weighted by molar-refractivity contribution is -0.0487. The lowest BCUT2D eigenvalue weighted by atomic mass is 10.1. The van der Waals surface area contributed by atoms with Gasteiger partial charge in [-0.15, -0.1) is 11.3 Å². The summed E-state index contributed by atoms with van der Waals surface area (Å²) in [4.78, 5) is 6.81. The van der Waals surface area contributed by atoms with E-state index in [1.54, 1.807) is 11.3 Å². The van der Waals surface area contributed by atoms with Gasteiger partial charge in [0.2, 0.25) is 0 Å². The molecule has 0 aliphatic carbocycles. The van der Waals surface area contributed by atoms with Gasteiger partial charge in [-0.1, -0.05) is 0 Å². The second kappa shape index (κ2) is 4.83. The van der Waals surface area contributed by atoms with Crippen LogP contribution in [-0.2, 0) is 11.8 Å². The van der Waals surface area contributed by atoms with Crippen molar-refractivity contribution in [1.82, 2.24) is 20.1 Å². The van der Waals surface area contributed by atoms with Gasteiger partial charge >= 0.3 is 0 Å². The van der Waals surface area contributed by atoms with Crippen LogP contribution in [-0.4, -0.2) is 53.2 Å². The highest BCUT2D eigenvalue weighted by molar-refractivity contribution is 7.13. The quantitative estimate of drug-likeness (QED) is 0.883. The SMILES string of the molecule is Cn1ncc(-c2nccs2)c1N1CC2CNCC(C1)O2. The molecule has 4 heterocycles. The van der Waals surface area contributed by atoms with Crippen molar-refractivity contribution in [2.45, 2.75) is 12.2 Å². The Labute approximate surface area is 121 Å². The van der Waals surface area contributed by atoms with Gasteiger partial charge in [-0.05, 0) is 0 Å². The third-order valence-corrected chi connectivity index (χ3v) is 4.65. The van der Waals surface area contributed by atoms with Crippen LogP contribution in [0.4, 0.5) is 5.82 Å². The van der Waals surface area contributed by atoms with E-state index < -0.39 is 0 Å². The van der Waals surface area contributed by atoms with Crippen molar-refractivity contribution in [2.75, 3.05) is 31.1 Å². The van der Waals surface area contributed by atoms with E-state index in [2.05, 4.69) is 20.3 Å². The maximum Gasteiger partial charge on any atom is 0.137 e. The lowest BCUT2D eigenvalue weighted by Gasteiger charge is -2.42. The molecule has 0 saturated carbocycles. The number of aryl methyl sites for hydroxylation is 1. The van der Waals surface area contributed by atoms with E-state index in [0.29, 0.717) is 0 Å². The number of morpholine rings is 2. The van der Waals surface area contributed by atoms with E-state index in [1.165, 1.54) is 0 Å². The molecule has 0 spiro atoms. The molecule has 2 aromatic rings. The molecular weight excluding hydrogens is 274 g/mol. The smallest absolute Gasteiger partial charge is 0.137 e. The summed E-state index contributed by atoms with van der Waals surface area (Å²) in [5, 5.41) is 10.9. The predicted octanol–water partition coefficient (Wildman–Crippen LogP) is 0.721. The van der Waals surface area contributed by atoms with Crippen molar-refractivity contribution in [2.24, 2.45) is 7.05 Å². The van der Waals surface area contributed by atoms with Crippen LogP contribution in [0.2, 0.25) is 0 Å². The number of thiazole rings is 1. The molecule has 2 bridgehead atoms. The van der Waals surface area contributed by atoms with E-state index in [-0.39, 0.29) is 12.2 Å². The number of ether oxygens (including phenoxy) is 1. The van der Waals surface area contributed by atoms with Crippen LogP contribution in [0.25, 0.3) is 10.6 Å². The molecule has 2 aromatic heterocycles. The molecule has 4 rings (SSSR count). The van der Waals surface area contributed by atoms with Crippen LogP contribution >= 0.6 is 11.3 Å². The predicted molar refractivity (Wildman–Crippen MR) is 78.1 cm³/mol. The minimum Gasteiger partial charge on any atom is -0.369 e. The third kappa shape index (κ3) is 2.02. The van der Waals surface area contributed by atoms with Crippen molar-refractivity contribution in [3.63, 3.8) is 0 Å². The summed E-state index contributed by atoms with van der Waals surface area (Å²) in [6.07, 6.45) is 4.29. The van der Waals surface area contributed by atoms with Gasteiger partial charge < -0.3 is 15.0 Å². The topological polar surface area (TPSA) is 55.2 Å². The zero-order valence-electron chi connectivity index (χ0n) is 11.3. The highest BCUT2D eigenvalue weighted by Gasteiger charge is 2.33. The van der Waals surface area contributed by atoms with E-state index in [4.69, 9.17) is 4.74 Å². The van der Waals surface area contributed by atoms with Gasteiger partial charge in [-0.3, -0.25) is 4.68 Å². The monoisotopic (exact) mass is 291 g/mol. The first kappa shape index (κ1) is 12.3. The molecule has 2 aliphatic rings. The van der Waals surface area contributed by atoms with Crippen molar-refractivity contribution in [1.29, 1.82) is 0 Å². The highest BCUT2D eigenvalue weighted by atomic mass is 32.1. The van der Waals surface area contributed by atoms with Crippen molar-refractivity contribution < 1.29 is 4.74 Å². The Morgan fingerprint density at radius 1 is 1.35 bits per heavy atom. The first-order valence-corrected chi connectivity index (χ1v) is 7.72. The fourth-order valence-corrected chi connectivity index (χ4v) is 3.68. The Morgan fingerprint density at radius 2 is 2.15 bits per heavy atom. The molecule has 0 radical (unpaired) electrons. The standard InChI is InChI=1S/C13H17N5OS/c1-17-13(11(6-16-17)12-15-2-3-20-12)18-7-9-4-14-5-10(8-18)19-9/h2-3,6,9-10,14H,4-5,7-8H2,1H3. The molecule has 2 fully saturated rings. The number of rotatable bonds is 2. The molecule has 1 N–H and O–H groups in total. The average molecular weight is 291 g/mol. The normalized spacial score (nSPS) is 25.9. The fraction of sp³-hybridized carbons (Fsp3) is 0.538. The molecule has 0 amide bonds. The first-order chi connectivity index (χ1) is 9.81. The van der Waals surface area contributed by atoms with Gasteiger partial charge in [0.05, 0.1) is 24.0 Å². The van der Waals surface area contributed by atoms with Crippen LogP contribution in [0.1, 0.15) is 0 Å². The molecule has 106 valence electrons. The molecule has 2 atom stereocenters. The second-order valence-electron chi connectivity index (χ2n) is 5.29. The molecule has 2 unspecified atom stereocenters. The van der Waals surface area contributed by atoms with E-state index in [1.807, 2.05) is 29.5 Å². The number of nitrogens with zero attached hydrogens (tertiary/aromatic N) is 4. The van der Waals surface area contributed by atoms with E-state index in [0.717, 1.165) is 42.6 Å². The van der Waals surface area contributed by atoms with Crippen LogP contribution < -0.4 is 10.2 Å². The molecule has 2 aliphatic heterocycles. The average Bonchev–Trinajstić information content (AvgIpc) is 3.07. The summed E-state index contributed by atoms with van der Waals surface area (Å²) in [7, 11) is 2.00. The van der Waals surface area contributed by atoms with Crippen molar-refractivity contribution >= 4 is 17.2 Å². The number of fused-ring (bicyclic) bond motifs is 2. The van der Waals surface area contributed by atoms with Gasteiger partial charge in [0.15, 0.2) is 0 Å². The molecule has 0 aromatic carbocycles. The molecular formula is C13H17N5OS. The zero-order valence-corrected chi connectivity index (χ0v) is 12.1. The summed E-state index contributed by atoms with van der Waals surface area (Å²) >= 11 is 1.65. The minimum absolute atomic E-state index is 0.265. The molecule has 2 saturated heterocycles. The molecule has 7 heteroatoms. The number of aromatic nitrogens is 3. The van der Waals surface area contributed by atoms with Gasteiger partial charge in [-0.2, -0.15) is 5.10 Å².